The van der Waals surface area contributed by atoms with Gasteiger partial charge in [-0.3, -0.25) is 14.4 Å². The van der Waals surface area contributed by atoms with Crippen molar-refractivity contribution in [3.8, 4) is 0 Å². The largest absolute Gasteiger partial charge is 0.390 e. The molecule has 0 saturated heterocycles. The van der Waals surface area contributed by atoms with Crippen LogP contribution in [0.3, 0.4) is 0 Å². The number of nitrogens with one attached hydrogen (secondary N) is 1. The van der Waals surface area contributed by atoms with Crippen molar-refractivity contribution in [2.24, 2.45) is 17.2 Å². The number of hydrogen-bond acceptors (Lipinski definition) is 7. The quantitative estimate of drug-likeness (QED) is 0.128. The SMILES string of the molecule is CCCCCCCCCCCCCC(=O)N[C@@H](CC(N)=O)C(=O)OC(=O)[C@@H](N)CC(N)=O. The van der Waals surface area contributed by atoms with Crippen molar-refractivity contribution in [2.75, 3.05) is 0 Å². The number of primary amides is 2. The Morgan fingerprint density at radius 1 is 0.719 bits per heavy atom. The van der Waals surface area contributed by atoms with Gasteiger partial charge in [0.15, 0.2) is 0 Å². The smallest absolute Gasteiger partial charge is 0.336 e. The third kappa shape index (κ3) is 16.2. The molecule has 32 heavy (non-hydrogen) atoms. The van der Waals surface area contributed by atoms with Crippen LogP contribution >= 0.6 is 0 Å². The highest BCUT2D eigenvalue weighted by molar-refractivity contribution is 5.96. The number of nitrogens with two attached hydrogens (primary N) is 3. The highest BCUT2D eigenvalue weighted by Gasteiger charge is 2.28. The predicted octanol–water partition coefficient (Wildman–Crippen LogP) is 1.32. The molecule has 3 amide bonds. The molecule has 0 unspecified atom stereocenters. The molecule has 0 aromatic rings. The molecule has 10 heteroatoms. The van der Waals surface area contributed by atoms with Crippen LogP contribution < -0.4 is 22.5 Å². The molecule has 0 saturated carbocycles. The Labute approximate surface area is 190 Å². The predicted molar refractivity (Wildman–Crippen MR) is 120 cm³/mol. The van der Waals surface area contributed by atoms with Crippen LogP contribution in [0.15, 0.2) is 0 Å². The number of carbonyl (C=O) groups excluding carboxylic acids is 5. The summed E-state index contributed by atoms with van der Waals surface area (Å²) in [6, 6.07) is -2.82. The Morgan fingerprint density at radius 2 is 1.19 bits per heavy atom. The Balaban J connectivity index is 4.20. The number of carbonyl (C=O) groups is 5. The van der Waals surface area contributed by atoms with Crippen molar-refractivity contribution < 1.29 is 28.7 Å². The second-order valence-corrected chi connectivity index (χ2v) is 8.09. The molecule has 2 atom stereocenters. The monoisotopic (exact) mass is 456 g/mol. The summed E-state index contributed by atoms with van der Waals surface area (Å²) in [5.74, 6) is -4.48. The highest BCUT2D eigenvalue weighted by atomic mass is 16.6. The molecule has 0 aliphatic heterocycles. The Bertz CT molecular complexity index is 611. The molecule has 7 N–H and O–H groups in total. The maximum atomic E-state index is 12.1. The topological polar surface area (TPSA) is 185 Å². The summed E-state index contributed by atoms with van der Waals surface area (Å²) in [5.41, 5.74) is 15.5. The standard InChI is InChI=1S/C22H40N4O6/c1-2-3-4-5-6-7-8-9-10-11-12-13-20(29)26-17(15-19(25)28)22(31)32-21(30)16(23)14-18(24)27/h16-17H,2-15,23H2,1H3,(H2,24,27)(H2,25,28)(H,26,29)/t16-,17-/m0/s1. The van der Waals surface area contributed by atoms with Gasteiger partial charge in [-0.05, 0) is 6.42 Å². The zero-order valence-corrected chi connectivity index (χ0v) is 19.2. The second kappa shape index (κ2) is 18.1. The van der Waals surface area contributed by atoms with Crippen LogP contribution in [0, 0.1) is 0 Å². The Kier molecular flexibility index (Phi) is 16.7. The van der Waals surface area contributed by atoms with E-state index in [1.165, 1.54) is 44.9 Å². The fourth-order valence-corrected chi connectivity index (χ4v) is 3.16. The summed E-state index contributed by atoms with van der Waals surface area (Å²) in [5, 5.41) is 2.37. The van der Waals surface area contributed by atoms with Gasteiger partial charge in [0.1, 0.15) is 12.1 Å². The molecule has 0 aromatic heterocycles. The lowest BCUT2D eigenvalue weighted by Gasteiger charge is -2.17. The van der Waals surface area contributed by atoms with Gasteiger partial charge in [-0.15, -0.1) is 0 Å². The normalized spacial score (nSPS) is 12.6. The molecule has 0 rings (SSSR count). The Hall–Kier alpha value is -2.49. The summed E-state index contributed by atoms with van der Waals surface area (Å²) in [4.78, 5) is 58.0. The molecular formula is C22H40N4O6. The van der Waals surface area contributed by atoms with Crippen molar-refractivity contribution in [1.82, 2.24) is 5.32 Å². The summed E-state index contributed by atoms with van der Waals surface area (Å²) in [6.45, 7) is 2.20. The molecule has 0 fully saturated rings. The van der Waals surface area contributed by atoms with Gasteiger partial charge in [-0.25, -0.2) is 9.59 Å². The molecule has 0 spiro atoms. The lowest BCUT2D eigenvalue weighted by atomic mass is 10.1. The van der Waals surface area contributed by atoms with Gasteiger partial charge in [0, 0.05) is 6.42 Å². The zero-order valence-electron chi connectivity index (χ0n) is 19.2. The van der Waals surface area contributed by atoms with Crippen LogP contribution in [-0.4, -0.2) is 41.7 Å². The van der Waals surface area contributed by atoms with Crippen molar-refractivity contribution >= 4 is 29.7 Å². The highest BCUT2D eigenvalue weighted by Crippen LogP contribution is 2.12. The zero-order chi connectivity index (χ0) is 24.4. The van der Waals surface area contributed by atoms with Crippen LogP contribution in [-0.2, 0) is 28.7 Å². The average molecular weight is 457 g/mol. The Morgan fingerprint density at radius 3 is 1.66 bits per heavy atom. The minimum absolute atomic E-state index is 0.175. The first-order chi connectivity index (χ1) is 15.2. The van der Waals surface area contributed by atoms with Gasteiger partial charge < -0.3 is 27.3 Å². The van der Waals surface area contributed by atoms with Crippen LogP contribution in [0.25, 0.3) is 0 Å². The molecular weight excluding hydrogens is 416 g/mol. The first-order valence-corrected chi connectivity index (χ1v) is 11.5. The van der Waals surface area contributed by atoms with Gasteiger partial charge in [0.05, 0.1) is 12.8 Å². The van der Waals surface area contributed by atoms with E-state index in [9.17, 15) is 24.0 Å². The minimum Gasteiger partial charge on any atom is -0.390 e. The van der Waals surface area contributed by atoms with Crippen LogP contribution in [0.4, 0.5) is 0 Å². The molecule has 0 aromatic carbocycles. The number of esters is 2. The third-order valence-corrected chi connectivity index (χ3v) is 4.96. The van der Waals surface area contributed by atoms with Gasteiger partial charge in [0.2, 0.25) is 17.7 Å². The van der Waals surface area contributed by atoms with E-state index in [-0.39, 0.29) is 6.42 Å². The number of unbranched alkanes of at least 4 members (excludes halogenated alkanes) is 10. The molecule has 0 radical (unpaired) electrons. The summed E-state index contributed by atoms with van der Waals surface area (Å²) in [6.07, 6.45) is 11.7. The van der Waals surface area contributed by atoms with Crippen LogP contribution in [0.5, 0.6) is 0 Å². The van der Waals surface area contributed by atoms with E-state index in [0.29, 0.717) is 6.42 Å². The second-order valence-electron chi connectivity index (χ2n) is 8.09. The van der Waals surface area contributed by atoms with E-state index in [4.69, 9.17) is 17.2 Å². The average Bonchev–Trinajstić information content (AvgIpc) is 2.70. The first kappa shape index (κ1) is 29.5. The van der Waals surface area contributed by atoms with E-state index in [1.807, 2.05) is 0 Å². The molecule has 0 bridgehead atoms. The number of amides is 3. The number of hydrogen-bond donors (Lipinski definition) is 4. The van der Waals surface area contributed by atoms with Gasteiger partial charge in [-0.1, -0.05) is 71.1 Å². The van der Waals surface area contributed by atoms with E-state index in [2.05, 4.69) is 17.0 Å². The van der Waals surface area contributed by atoms with E-state index >= 15 is 0 Å². The fraction of sp³-hybridized carbons (Fsp3) is 0.773. The fourth-order valence-electron chi connectivity index (χ4n) is 3.16. The maximum absolute atomic E-state index is 12.1. The lowest BCUT2D eigenvalue weighted by Crippen LogP contribution is -2.46. The van der Waals surface area contributed by atoms with Crippen molar-refractivity contribution in [3.05, 3.63) is 0 Å². The lowest BCUT2D eigenvalue weighted by molar-refractivity contribution is -0.164. The minimum atomic E-state index is -1.42. The number of ether oxygens (including phenoxy) is 1. The maximum Gasteiger partial charge on any atom is 0.336 e. The summed E-state index contributed by atoms with van der Waals surface area (Å²) >= 11 is 0. The van der Waals surface area contributed by atoms with Crippen molar-refractivity contribution in [2.45, 2.75) is 109 Å². The number of rotatable bonds is 19. The third-order valence-electron chi connectivity index (χ3n) is 4.96. The van der Waals surface area contributed by atoms with Crippen LogP contribution in [0.1, 0.15) is 96.8 Å². The van der Waals surface area contributed by atoms with Crippen molar-refractivity contribution in [3.63, 3.8) is 0 Å². The first-order valence-electron chi connectivity index (χ1n) is 11.5. The van der Waals surface area contributed by atoms with E-state index in [1.54, 1.807) is 0 Å². The van der Waals surface area contributed by atoms with E-state index < -0.39 is 54.6 Å². The molecule has 0 aliphatic carbocycles. The summed E-state index contributed by atoms with van der Waals surface area (Å²) < 4.78 is 4.56. The van der Waals surface area contributed by atoms with E-state index in [0.717, 1.165) is 19.3 Å². The molecule has 10 nitrogen and oxygen atoms in total. The molecule has 0 aliphatic rings. The van der Waals surface area contributed by atoms with Crippen molar-refractivity contribution in [1.29, 1.82) is 0 Å². The van der Waals surface area contributed by atoms with Gasteiger partial charge in [-0.2, -0.15) is 0 Å². The molecule has 0 heterocycles. The van der Waals surface area contributed by atoms with Gasteiger partial charge >= 0.3 is 11.9 Å². The van der Waals surface area contributed by atoms with Crippen LogP contribution in [0.2, 0.25) is 0 Å². The summed E-state index contributed by atoms with van der Waals surface area (Å²) in [7, 11) is 0. The molecule has 184 valence electrons. The van der Waals surface area contributed by atoms with Gasteiger partial charge in [0.25, 0.3) is 0 Å².